The maximum Gasteiger partial charge on any atom is 0.328 e. The zero-order valence-electron chi connectivity index (χ0n) is 10.2. The summed E-state index contributed by atoms with van der Waals surface area (Å²) < 4.78 is 20.0. The Morgan fingerprint density at radius 1 is 1.53 bits per heavy atom. The van der Waals surface area contributed by atoms with Gasteiger partial charge in [-0.05, 0) is 29.5 Å². The van der Waals surface area contributed by atoms with Gasteiger partial charge in [0, 0.05) is 0 Å². The summed E-state index contributed by atoms with van der Waals surface area (Å²) in [4.78, 5) is 11.0. The molecule has 7 nitrogen and oxygen atoms in total. The third-order valence-electron chi connectivity index (χ3n) is 2.64. The Kier molecular flexibility index (Phi) is 3.41. The highest BCUT2D eigenvalue weighted by molar-refractivity contribution is 5.73. The summed E-state index contributed by atoms with van der Waals surface area (Å²) in [5, 5.41) is 19.6. The van der Waals surface area contributed by atoms with E-state index >= 15 is 0 Å². The first-order valence-corrected chi connectivity index (χ1v) is 5.39. The molecular weight excluding hydrogens is 255 g/mol. The van der Waals surface area contributed by atoms with Gasteiger partial charge in [-0.15, -0.1) is 5.10 Å². The molecule has 0 radical (unpaired) electrons. The average molecular weight is 266 g/mol. The summed E-state index contributed by atoms with van der Waals surface area (Å²) >= 11 is 0. The Morgan fingerprint density at radius 2 is 2.26 bits per heavy atom. The molecular formula is C11H11FN4O3. The maximum absolute atomic E-state index is 13.9. The molecule has 0 aliphatic heterocycles. The largest absolute Gasteiger partial charge is 0.496 e. The van der Waals surface area contributed by atoms with Crippen molar-refractivity contribution in [3.8, 4) is 17.1 Å². The molecule has 0 spiro atoms. The standard InChI is InChI=1S/C11H11FN4O3/c1-6(11(17)18)16-10(13-14-15-16)9-7(12)4-3-5-8(9)19-2/h3-6H,1-2H3,(H,17,18). The second kappa shape index (κ2) is 5.01. The van der Waals surface area contributed by atoms with Gasteiger partial charge in [0.25, 0.3) is 0 Å². The molecule has 0 amide bonds. The predicted octanol–water partition coefficient (Wildman–Crippen LogP) is 1.13. The second-order valence-electron chi connectivity index (χ2n) is 3.78. The molecule has 1 N–H and O–H groups in total. The van der Waals surface area contributed by atoms with Crippen molar-refractivity contribution < 1.29 is 19.0 Å². The van der Waals surface area contributed by atoms with Gasteiger partial charge in [-0.1, -0.05) is 6.07 Å². The lowest BCUT2D eigenvalue weighted by Gasteiger charge is -2.11. The summed E-state index contributed by atoms with van der Waals surface area (Å²) in [5.74, 6) is -1.48. The van der Waals surface area contributed by atoms with Gasteiger partial charge in [0.05, 0.1) is 12.7 Å². The van der Waals surface area contributed by atoms with Gasteiger partial charge in [0.2, 0.25) is 0 Å². The third kappa shape index (κ3) is 2.24. The molecule has 0 aliphatic carbocycles. The fourth-order valence-corrected chi connectivity index (χ4v) is 1.62. The van der Waals surface area contributed by atoms with Crippen molar-refractivity contribution in [1.29, 1.82) is 0 Å². The molecule has 19 heavy (non-hydrogen) atoms. The number of carboxylic acid groups (broad SMARTS) is 1. The number of tetrazole rings is 1. The van der Waals surface area contributed by atoms with Crippen molar-refractivity contribution in [1.82, 2.24) is 20.2 Å². The highest BCUT2D eigenvalue weighted by atomic mass is 19.1. The van der Waals surface area contributed by atoms with E-state index in [1.165, 1.54) is 26.2 Å². The molecule has 1 atom stereocenters. The Labute approximate surface area is 107 Å². The number of hydrogen-bond acceptors (Lipinski definition) is 5. The van der Waals surface area contributed by atoms with Gasteiger partial charge in [0.15, 0.2) is 11.9 Å². The van der Waals surface area contributed by atoms with E-state index in [-0.39, 0.29) is 17.1 Å². The van der Waals surface area contributed by atoms with Crippen LogP contribution in [0.3, 0.4) is 0 Å². The molecule has 2 aromatic rings. The average Bonchev–Trinajstić information content (AvgIpc) is 2.85. The lowest BCUT2D eigenvalue weighted by atomic mass is 10.1. The number of aromatic nitrogens is 4. The number of benzene rings is 1. The molecule has 0 saturated carbocycles. The molecule has 1 heterocycles. The Hall–Kier alpha value is -2.51. The van der Waals surface area contributed by atoms with Gasteiger partial charge in [0.1, 0.15) is 11.6 Å². The highest BCUT2D eigenvalue weighted by Gasteiger charge is 2.24. The van der Waals surface area contributed by atoms with Crippen LogP contribution in [0.5, 0.6) is 5.75 Å². The SMILES string of the molecule is COc1cccc(F)c1-c1nnnn1C(C)C(=O)O. The van der Waals surface area contributed by atoms with E-state index in [1.54, 1.807) is 6.07 Å². The van der Waals surface area contributed by atoms with Crippen molar-refractivity contribution in [2.24, 2.45) is 0 Å². The lowest BCUT2D eigenvalue weighted by molar-refractivity contribution is -0.140. The number of rotatable bonds is 4. The van der Waals surface area contributed by atoms with Crippen molar-refractivity contribution >= 4 is 5.97 Å². The van der Waals surface area contributed by atoms with E-state index in [1.807, 2.05) is 0 Å². The van der Waals surface area contributed by atoms with Crippen LogP contribution in [0.25, 0.3) is 11.4 Å². The molecule has 0 saturated heterocycles. The van der Waals surface area contributed by atoms with Crippen LogP contribution in [0, 0.1) is 5.82 Å². The minimum absolute atomic E-state index is 0.00449. The van der Waals surface area contributed by atoms with Crippen LogP contribution in [0.1, 0.15) is 13.0 Å². The first kappa shape index (κ1) is 12.9. The number of carbonyl (C=O) groups is 1. The first-order valence-electron chi connectivity index (χ1n) is 5.39. The topological polar surface area (TPSA) is 90.1 Å². The second-order valence-corrected chi connectivity index (χ2v) is 3.78. The summed E-state index contributed by atoms with van der Waals surface area (Å²) in [6.07, 6.45) is 0. The van der Waals surface area contributed by atoms with Crippen LogP contribution < -0.4 is 4.74 Å². The van der Waals surface area contributed by atoms with Gasteiger partial charge in [-0.2, -0.15) is 0 Å². The van der Waals surface area contributed by atoms with E-state index in [0.717, 1.165) is 4.68 Å². The minimum atomic E-state index is -1.12. The van der Waals surface area contributed by atoms with Crippen molar-refractivity contribution in [2.45, 2.75) is 13.0 Å². The number of ether oxygens (including phenoxy) is 1. The van der Waals surface area contributed by atoms with E-state index < -0.39 is 17.8 Å². The number of nitrogens with zero attached hydrogens (tertiary/aromatic N) is 4. The maximum atomic E-state index is 13.9. The van der Waals surface area contributed by atoms with Gasteiger partial charge in [-0.25, -0.2) is 13.9 Å². The molecule has 0 fully saturated rings. The first-order chi connectivity index (χ1) is 9.06. The molecule has 0 aliphatic rings. The number of halogens is 1. The Balaban J connectivity index is 2.61. The molecule has 1 aromatic carbocycles. The van der Waals surface area contributed by atoms with Crippen LogP contribution in [0.15, 0.2) is 18.2 Å². The number of aliphatic carboxylic acids is 1. The molecule has 2 rings (SSSR count). The highest BCUT2D eigenvalue weighted by Crippen LogP contribution is 2.31. The van der Waals surface area contributed by atoms with E-state index in [0.29, 0.717) is 0 Å². The summed E-state index contributed by atoms with van der Waals surface area (Å²) in [7, 11) is 1.38. The zero-order chi connectivity index (χ0) is 14.0. The number of carboxylic acids is 1. The van der Waals surface area contributed by atoms with E-state index in [4.69, 9.17) is 9.84 Å². The fraction of sp³-hybridized carbons (Fsp3) is 0.273. The van der Waals surface area contributed by atoms with Crippen LogP contribution in [-0.4, -0.2) is 38.4 Å². The quantitative estimate of drug-likeness (QED) is 0.892. The van der Waals surface area contributed by atoms with Crippen molar-refractivity contribution in [3.05, 3.63) is 24.0 Å². The number of methoxy groups -OCH3 is 1. The van der Waals surface area contributed by atoms with Crippen LogP contribution >= 0.6 is 0 Å². The molecule has 8 heteroatoms. The summed E-state index contributed by atoms with van der Waals surface area (Å²) in [6, 6.07) is 3.23. The van der Waals surface area contributed by atoms with Crippen LogP contribution in [-0.2, 0) is 4.79 Å². The zero-order valence-corrected chi connectivity index (χ0v) is 10.2. The Bertz CT molecular complexity index is 614. The van der Waals surface area contributed by atoms with E-state index in [9.17, 15) is 9.18 Å². The molecule has 1 unspecified atom stereocenters. The summed E-state index contributed by atoms with van der Waals surface area (Å²) in [5.41, 5.74) is 0.0306. The third-order valence-corrected chi connectivity index (χ3v) is 2.64. The monoisotopic (exact) mass is 266 g/mol. The van der Waals surface area contributed by atoms with Crippen molar-refractivity contribution in [2.75, 3.05) is 7.11 Å². The van der Waals surface area contributed by atoms with Gasteiger partial charge < -0.3 is 9.84 Å². The van der Waals surface area contributed by atoms with Crippen molar-refractivity contribution in [3.63, 3.8) is 0 Å². The smallest absolute Gasteiger partial charge is 0.328 e. The fourth-order valence-electron chi connectivity index (χ4n) is 1.62. The Morgan fingerprint density at radius 3 is 2.89 bits per heavy atom. The molecule has 100 valence electrons. The normalized spacial score (nSPS) is 12.2. The van der Waals surface area contributed by atoms with Crippen LogP contribution in [0.4, 0.5) is 4.39 Å². The summed E-state index contributed by atoms with van der Waals surface area (Å²) in [6.45, 7) is 1.40. The van der Waals surface area contributed by atoms with Gasteiger partial charge in [-0.3, -0.25) is 0 Å². The minimum Gasteiger partial charge on any atom is -0.496 e. The predicted molar refractivity (Wildman–Crippen MR) is 62.1 cm³/mol. The lowest BCUT2D eigenvalue weighted by Crippen LogP contribution is -2.18. The molecule has 1 aromatic heterocycles. The van der Waals surface area contributed by atoms with E-state index in [2.05, 4.69) is 15.5 Å². The number of hydrogen-bond donors (Lipinski definition) is 1. The van der Waals surface area contributed by atoms with Gasteiger partial charge >= 0.3 is 5.97 Å². The van der Waals surface area contributed by atoms with Crippen LogP contribution in [0.2, 0.25) is 0 Å². The molecule has 0 bridgehead atoms.